The number of hydrogen-bond acceptors (Lipinski definition) is 2. The Labute approximate surface area is 114 Å². The standard InChI is InChI=1S/C16H22N2O/c1-16(2)9-13(16)15(19)18-10-11(7-8-17)12-5-3-4-6-14(12)18/h3-6,11,13H,7-10,17H2,1-2H3. The van der Waals surface area contributed by atoms with Crippen LogP contribution in [0.5, 0.6) is 0 Å². The topological polar surface area (TPSA) is 46.3 Å². The van der Waals surface area contributed by atoms with Gasteiger partial charge >= 0.3 is 0 Å². The molecule has 1 fully saturated rings. The van der Waals surface area contributed by atoms with Crippen LogP contribution in [0.15, 0.2) is 24.3 Å². The second-order valence-corrected chi connectivity index (χ2v) is 6.53. The van der Waals surface area contributed by atoms with Crippen molar-refractivity contribution in [2.75, 3.05) is 18.0 Å². The molecule has 3 heteroatoms. The summed E-state index contributed by atoms with van der Waals surface area (Å²) in [4.78, 5) is 14.6. The molecule has 2 N–H and O–H groups in total. The van der Waals surface area contributed by atoms with Gasteiger partial charge < -0.3 is 10.6 Å². The van der Waals surface area contributed by atoms with Gasteiger partial charge in [0.1, 0.15) is 0 Å². The van der Waals surface area contributed by atoms with E-state index in [2.05, 4.69) is 32.0 Å². The van der Waals surface area contributed by atoms with Crippen molar-refractivity contribution in [3.8, 4) is 0 Å². The van der Waals surface area contributed by atoms with E-state index in [4.69, 9.17) is 5.73 Å². The zero-order valence-corrected chi connectivity index (χ0v) is 11.7. The Balaban J connectivity index is 1.86. The molecule has 2 atom stereocenters. The summed E-state index contributed by atoms with van der Waals surface area (Å²) in [6, 6.07) is 8.28. The Bertz CT molecular complexity index is 509. The van der Waals surface area contributed by atoms with Crippen molar-refractivity contribution in [2.24, 2.45) is 17.1 Å². The Kier molecular flexibility index (Phi) is 2.90. The van der Waals surface area contributed by atoms with E-state index in [0.29, 0.717) is 18.4 Å². The first-order valence-corrected chi connectivity index (χ1v) is 7.15. The predicted octanol–water partition coefficient (Wildman–Crippen LogP) is 2.51. The number of para-hydroxylation sites is 1. The van der Waals surface area contributed by atoms with E-state index in [1.54, 1.807) is 0 Å². The smallest absolute Gasteiger partial charge is 0.230 e. The van der Waals surface area contributed by atoms with Crippen molar-refractivity contribution >= 4 is 11.6 Å². The third-order valence-corrected chi connectivity index (χ3v) is 4.66. The van der Waals surface area contributed by atoms with E-state index in [9.17, 15) is 4.79 Å². The summed E-state index contributed by atoms with van der Waals surface area (Å²) in [6.45, 7) is 5.84. The first-order chi connectivity index (χ1) is 9.04. The van der Waals surface area contributed by atoms with Crippen LogP contribution < -0.4 is 10.6 Å². The van der Waals surface area contributed by atoms with Crippen LogP contribution in [0.3, 0.4) is 0 Å². The molecule has 3 rings (SSSR count). The van der Waals surface area contributed by atoms with Crippen molar-refractivity contribution in [1.29, 1.82) is 0 Å². The van der Waals surface area contributed by atoms with Crippen molar-refractivity contribution in [1.82, 2.24) is 0 Å². The van der Waals surface area contributed by atoms with Gasteiger partial charge in [-0.25, -0.2) is 0 Å². The summed E-state index contributed by atoms with van der Waals surface area (Å²) in [6.07, 6.45) is 1.97. The lowest BCUT2D eigenvalue weighted by molar-refractivity contribution is -0.120. The molecule has 1 amide bonds. The molecular formula is C16H22N2O. The number of carbonyl (C=O) groups is 1. The fourth-order valence-corrected chi connectivity index (χ4v) is 3.23. The summed E-state index contributed by atoms with van der Waals surface area (Å²) in [5, 5.41) is 0. The SMILES string of the molecule is CC1(C)CC1C(=O)N1CC(CCN)c2ccccc21. The molecule has 1 aromatic carbocycles. The van der Waals surface area contributed by atoms with E-state index in [1.165, 1.54) is 5.56 Å². The molecule has 0 saturated heterocycles. The van der Waals surface area contributed by atoms with Crippen LogP contribution in [0, 0.1) is 11.3 Å². The summed E-state index contributed by atoms with van der Waals surface area (Å²) < 4.78 is 0. The molecule has 2 unspecified atom stereocenters. The van der Waals surface area contributed by atoms with Gasteiger partial charge in [0.15, 0.2) is 0 Å². The van der Waals surface area contributed by atoms with Gasteiger partial charge in [-0.3, -0.25) is 4.79 Å². The molecule has 102 valence electrons. The van der Waals surface area contributed by atoms with Crippen molar-refractivity contribution in [3.63, 3.8) is 0 Å². The van der Waals surface area contributed by atoms with E-state index in [-0.39, 0.29) is 11.3 Å². The molecule has 1 heterocycles. The van der Waals surface area contributed by atoms with Crippen LogP contribution in [0.25, 0.3) is 0 Å². The highest BCUT2D eigenvalue weighted by Gasteiger charge is 2.53. The molecule has 1 aliphatic heterocycles. The van der Waals surface area contributed by atoms with Crippen LogP contribution in [0.2, 0.25) is 0 Å². The molecule has 0 spiro atoms. The lowest BCUT2D eigenvalue weighted by atomic mass is 9.98. The number of hydrogen-bond donors (Lipinski definition) is 1. The summed E-state index contributed by atoms with van der Waals surface area (Å²) >= 11 is 0. The third kappa shape index (κ3) is 2.06. The quantitative estimate of drug-likeness (QED) is 0.905. The van der Waals surface area contributed by atoms with Crippen LogP contribution in [-0.4, -0.2) is 19.0 Å². The Morgan fingerprint density at radius 1 is 1.42 bits per heavy atom. The fraction of sp³-hybridized carbons (Fsp3) is 0.562. The van der Waals surface area contributed by atoms with Gasteiger partial charge in [0.2, 0.25) is 5.91 Å². The monoisotopic (exact) mass is 258 g/mol. The van der Waals surface area contributed by atoms with E-state index in [1.807, 2.05) is 11.0 Å². The maximum atomic E-state index is 12.6. The number of amides is 1. The lowest BCUT2D eigenvalue weighted by Gasteiger charge is -2.19. The van der Waals surface area contributed by atoms with Gasteiger partial charge in [-0.2, -0.15) is 0 Å². The van der Waals surface area contributed by atoms with E-state index in [0.717, 1.165) is 25.1 Å². The van der Waals surface area contributed by atoms with Crippen molar-refractivity contribution < 1.29 is 4.79 Å². The molecule has 0 bridgehead atoms. The van der Waals surface area contributed by atoms with Crippen LogP contribution in [-0.2, 0) is 4.79 Å². The van der Waals surface area contributed by atoms with Crippen LogP contribution in [0.4, 0.5) is 5.69 Å². The number of fused-ring (bicyclic) bond motifs is 1. The Hall–Kier alpha value is -1.35. The molecule has 0 aromatic heterocycles. The minimum absolute atomic E-state index is 0.192. The molecule has 3 nitrogen and oxygen atoms in total. The maximum absolute atomic E-state index is 12.6. The minimum atomic E-state index is 0.192. The second-order valence-electron chi connectivity index (χ2n) is 6.53. The van der Waals surface area contributed by atoms with E-state index < -0.39 is 0 Å². The number of benzene rings is 1. The number of carbonyl (C=O) groups excluding carboxylic acids is 1. The van der Waals surface area contributed by atoms with Crippen molar-refractivity contribution in [3.05, 3.63) is 29.8 Å². The average molecular weight is 258 g/mol. The molecule has 1 aliphatic carbocycles. The van der Waals surface area contributed by atoms with Gasteiger partial charge in [0.25, 0.3) is 0 Å². The normalized spacial score (nSPS) is 27.2. The number of nitrogens with two attached hydrogens (primary N) is 1. The Morgan fingerprint density at radius 2 is 2.11 bits per heavy atom. The predicted molar refractivity (Wildman–Crippen MR) is 77.1 cm³/mol. The molecule has 19 heavy (non-hydrogen) atoms. The molecule has 2 aliphatic rings. The van der Waals surface area contributed by atoms with Gasteiger partial charge in [-0.15, -0.1) is 0 Å². The molecular weight excluding hydrogens is 236 g/mol. The highest BCUT2D eigenvalue weighted by molar-refractivity contribution is 5.99. The van der Waals surface area contributed by atoms with Crippen molar-refractivity contribution in [2.45, 2.75) is 32.6 Å². The van der Waals surface area contributed by atoms with Gasteiger partial charge in [-0.1, -0.05) is 32.0 Å². The molecule has 1 aromatic rings. The minimum Gasteiger partial charge on any atom is -0.330 e. The highest BCUT2D eigenvalue weighted by atomic mass is 16.2. The van der Waals surface area contributed by atoms with Gasteiger partial charge in [0, 0.05) is 24.1 Å². The zero-order chi connectivity index (χ0) is 13.6. The largest absolute Gasteiger partial charge is 0.330 e. The van der Waals surface area contributed by atoms with Gasteiger partial charge in [-0.05, 0) is 36.4 Å². The number of rotatable bonds is 3. The number of nitrogens with zero attached hydrogens (tertiary/aromatic N) is 1. The first kappa shape index (κ1) is 12.7. The van der Waals surface area contributed by atoms with Gasteiger partial charge in [0.05, 0.1) is 0 Å². The third-order valence-electron chi connectivity index (χ3n) is 4.66. The summed E-state index contributed by atoms with van der Waals surface area (Å²) in [7, 11) is 0. The fourth-order valence-electron chi connectivity index (χ4n) is 3.23. The Morgan fingerprint density at radius 3 is 2.74 bits per heavy atom. The van der Waals surface area contributed by atoms with E-state index >= 15 is 0 Å². The molecule has 1 saturated carbocycles. The maximum Gasteiger partial charge on any atom is 0.230 e. The lowest BCUT2D eigenvalue weighted by Crippen LogP contribution is -2.32. The summed E-state index contributed by atoms with van der Waals surface area (Å²) in [5.74, 6) is 0.918. The summed E-state index contributed by atoms with van der Waals surface area (Å²) in [5.41, 5.74) is 8.29. The van der Waals surface area contributed by atoms with Crippen LogP contribution >= 0.6 is 0 Å². The first-order valence-electron chi connectivity index (χ1n) is 7.15. The molecule has 0 radical (unpaired) electrons. The van der Waals surface area contributed by atoms with Crippen LogP contribution in [0.1, 0.15) is 38.2 Å². The number of anilines is 1. The average Bonchev–Trinajstić information content (AvgIpc) is 2.88. The zero-order valence-electron chi connectivity index (χ0n) is 11.7. The second kappa shape index (κ2) is 4.34. The highest BCUT2D eigenvalue weighted by Crippen LogP contribution is 2.53.